The molecule has 4 unspecified atom stereocenters. The smallest absolute Gasteiger partial charge is 0.326 e. The summed E-state index contributed by atoms with van der Waals surface area (Å²) in [7, 11) is 0. The second-order valence-electron chi connectivity index (χ2n) is 9.52. The van der Waals surface area contributed by atoms with Gasteiger partial charge in [0.2, 0.25) is 23.6 Å². The van der Waals surface area contributed by atoms with E-state index >= 15 is 0 Å². The number of amides is 4. The molecule has 4 atom stereocenters. The van der Waals surface area contributed by atoms with Crippen LogP contribution in [-0.4, -0.2) is 82.4 Å². The molecule has 8 N–H and O–H groups in total. The molecule has 13 heteroatoms. The van der Waals surface area contributed by atoms with E-state index in [1.54, 1.807) is 6.20 Å². The molecular weight excluding hydrogens is 524 g/mol. The first kappa shape index (κ1) is 30.0. The van der Waals surface area contributed by atoms with Crippen molar-refractivity contribution in [1.29, 1.82) is 0 Å². The Morgan fingerprint density at radius 2 is 1.74 bits per heavy atom. The molecule has 2 aromatic rings. The summed E-state index contributed by atoms with van der Waals surface area (Å²) in [4.78, 5) is 65.6. The maximum Gasteiger partial charge on any atom is 0.326 e. The molecule has 1 aliphatic heterocycles. The molecular formula is C26H36N6O6S. The van der Waals surface area contributed by atoms with Gasteiger partial charge in [0.05, 0.1) is 6.04 Å². The fourth-order valence-corrected chi connectivity index (χ4v) is 4.98. The number of carboxylic acid groups (broad SMARTS) is 1. The van der Waals surface area contributed by atoms with Crippen LogP contribution < -0.4 is 27.0 Å². The fraction of sp³-hybridized carbons (Fsp3) is 0.500. The summed E-state index contributed by atoms with van der Waals surface area (Å²) in [5, 5.41) is 21.6. The lowest BCUT2D eigenvalue weighted by Crippen LogP contribution is -2.57. The Kier molecular flexibility index (Phi) is 11.2. The summed E-state index contributed by atoms with van der Waals surface area (Å²) in [6, 6.07) is 3.64. The van der Waals surface area contributed by atoms with Gasteiger partial charge >= 0.3 is 5.97 Å². The number of hydrogen-bond donors (Lipinski definition) is 7. The number of carbonyl (C=O) groups is 5. The SMILES string of the molecule is CSCCC(NC(=O)C(CCC(N)=O)NC(=O)C1CCCN1)C(=O)NC(Cc1c[nH]c2ccccc12)C(=O)O. The van der Waals surface area contributed by atoms with Crippen molar-refractivity contribution in [3.05, 3.63) is 36.0 Å². The van der Waals surface area contributed by atoms with Crippen molar-refractivity contribution in [2.75, 3.05) is 18.6 Å². The summed E-state index contributed by atoms with van der Waals surface area (Å²) in [5.74, 6) is -2.98. The van der Waals surface area contributed by atoms with Gasteiger partial charge in [-0.3, -0.25) is 19.2 Å². The molecule has 0 radical (unpaired) electrons. The maximum absolute atomic E-state index is 13.2. The summed E-state index contributed by atoms with van der Waals surface area (Å²) in [6.07, 6.45) is 5.12. The predicted molar refractivity (Wildman–Crippen MR) is 148 cm³/mol. The topological polar surface area (TPSA) is 196 Å². The van der Waals surface area contributed by atoms with Gasteiger partial charge in [0.15, 0.2) is 0 Å². The zero-order chi connectivity index (χ0) is 28.4. The molecule has 1 saturated heterocycles. The van der Waals surface area contributed by atoms with Crippen molar-refractivity contribution >= 4 is 52.3 Å². The molecule has 4 amide bonds. The van der Waals surface area contributed by atoms with Crippen LogP contribution in [0.25, 0.3) is 10.9 Å². The number of benzene rings is 1. The third-order valence-electron chi connectivity index (χ3n) is 6.65. The third kappa shape index (κ3) is 8.72. The Hall–Kier alpha value is -3.58. The van der Waals surface area contributed by atoms with Gasteiger partial charge in [-0.05, 0) is 55.9 Å². The number of rotatable bonds is 15. The number of nitrogens with one attached hydrogen (secondary N) is 5. The van der Waals surface area contributed by atoms with Crippen molar-refractivity contribution < 1.29 is 29.1 Å². The fourth-order valence-electron chi connectivity index (χ4n) is 4.51. The largest absolute Gasteiger partial charge is 0.480 e. The highest BCUT2D eigenvalue weighted by Gasteiger charge is 2.31. The van der Waals surface area contributed by atoms with Gasteiger partial charge in [-0.15, -0.1) is 0 Å². The van der Waals surface area contributed by atoms with Gasteiger partial charge in [-0.2, -0.15) is 11.8 Å². The molecule has 212 valence electrons. The van der Waals surface area contributed by atoms with Gasteiger partial charge in [0, 0.05) is 29.9 Å². The first-order chi connectivity index (χ1) is 18.7. The van der Waals surface area contributed by atoms with Crippen LogP contribution in [-0.2, 0) is 30.4 Å². The highest BCUT2D eigenvalue weighted by atomic mass is 32.2. The van der Waals surface area contributed by atoms with Crippen LogP contribution in [0.3, 0.4) is 0 Å². The van der Waals surface area contributed by atoms with Gasteiger partial charge in [0.1, 0.15) is 18.1 Å². The number of H-pyrrole nitrogens is 1. The number of carbonyl (C=O) groups excluding carboxylic acids is 4. The highest BCUT2D eigenvalue weighted by molar-refractivity contribution is 7.98. The number of primary amides is 1. The number of aromatic nitrogens is 1. The summed E-state index contributed by atoms with van der Waals surface area (Å²) >= 11 is 1.46. The number of para-hydroxylation sites is 1. The standard InChI is InChI=1S/C26H36N6O6S/c1-39-12-10-20(31-24(35)19(8-9-22(27)33)30-23(34)18-7-4-11-28-18)25(36)32-21(26(37)38)13-15-14-29-17-6-3-2-5-16(15)17/h2-3,5-6,14,18-21,28-29H,4,7-13H2,1H3,(H2,27,33)(H,30,34)(H,31,35)(H,32,36)(H,37,38). The molecule has 0 bridgehead atoms. The van der Waals surface area contributed by atoms with Crippen LogP contribution in [0.15, 0.2) is 30.5 Å². The van der Waals surface area contributed by atoms with Crippen molar-refractivity contribution in [3.8, 4) is 0 Å². The first-order valence-corrected chi connectivity index (χ1v) is 14.3. The number of hydrogen-bond acceptors (Lipinski definition) is 7. The Morgan fingerprint density at radius 1 is 1.05 bits per heavy atom. The first-order valence-electron chi connectivity index (χ1n) is 12.9. The average molecular weight is 561 g/mol. The van der Waals surface area contributed by atoms with Gasteiger partial charge < -0.3 is 37.1 Å². The minimum absolute atomic E-state index is 0.0329. The van der Waals surface area contributed by atoms with Gasteiger partial charge in [-0.1, -0.05) is 18.2 Å². The van der Waals surface area contributed by atoms with E-state index in [1.807, 2.05) is 30.5 Å². The second kappa shape index (κ2) is 14.5. The number of aromatic amines is 1. The van der Waals surface area contributed by atoms with E-state index < -0.39 is 47.9 Å². The Morgan fingerprint density at radius 3 is 2.38 bits per heavy atom. The Balaban J connectivity index is 1.71. The number of nitrogens with two attached hydrogens (primary N) is 1. The zero-order valence-electron chi connectivity index (χ0n) is 21.8. The molecule has 2 heterocycles. The monoisotopic (exact) mass is 560 g/mol. The van der Waals surface area contributed by atoms with Gasteiger partial charge in [-0.25, -0.2) is 4.79 Å². The molecule has 1 fully saturated rings. The van der Waals surface area contributed by atoms with Crippen LogP contribution in [0.4, 0.5) is 0 Å². The second-order valence-corrected chi connectivity index (χ2v) is 10.5. The summed E-state index contributed by atoms with van der Waals surface area (Å²) in [5.41, 5.74) is 6.85. The average Bonchev–Trinajstić information content (AvgIpc) is 3.59. The number of carboxylic acids is 1. The lowest BCUT2D eigenvalue weighted by molar-refractivity contribution is -0.142. The van der Waals surface area contributed by atoms with Crippen LogP contribution in [0.5, 0.6) is 0 Å². The van der Waals surface area contributed by atoms with Crippen molar-refractivity contribution in [2.45, 2.75) is 62.7 Å². The van der Waals surface area contributed by atoms with Crippen molar-refractivity contribution in [3.63, 3.8) is 0 Å². The van der Waals surface area contributed by atoms with Crippen LogP contribution in [0, 0.1) is 0 Å². The molecule has 0 aliphatic carbocycles. The maximum atomic E-state index is 13.2. The lowest BCUT2D eigenvalue weighted by Gasteiger charge is -2.25. The van der Waals surface area contributed by atoms with Gasteiger partial charge in [0.25, 0.3) is 0 Å². The lowest BCUT2D eigenvalue weighted by atomic mass is 10.0. The minimum Gasteiger partial charge on any atom is -0.480 e. The molecule has 12 nitrogen and oxygen atoms in total. The molecule has 0 saturated carbocycles. The van der Waals surface area contributed by atoms with E-state index in [1.165, 1.54) is 11.8 Å². The van der Waals surface area contributed by atoms with Crippen LogP contribution >= 0.6 is 11.8 Å². The zero-order valence-corrected chi connectivity index (χ0v) is 22.6. The number of thioether (sulfide) groups is 1. The molecule has 1 aromatic carbocycles. The molecule has 39 heavy (non-hydrogen) atoms. The van der Waals surface area contributed by atoms with Crippen LogP contribution in [0.1, 0.15) is 37.7 Å². The Bertz CT molecular complexity index is 1180. The van der Waals surface area contributed by atoms with E-state index in [-0.39, 0.29) is 31.6 Å². The number of aliphatic carboxylic acids is 1. The van der Waals surface area contributed by atoms with E-state index in [9.17, 15) is 29.1 Å². The van der Waals surface area contributed by atoms with Crippen molar-refractivity contribution in [2.24, 2.45) is 5.73 Å². The molecule has 1 aromatic heterocycles. The van der Waals surface area contributed by atoms with E-state index in [0.29, 0.717) is 18.7 Å². The van der Waals surface area contributed by atoms with Crippen molar-refractivity contribution in [1.82, 2.24) is 26.3 Å². The minimum atomic E-state index is -1.23. The quantitative estimate of drug-likeness (QED) is 0.158. The third-order valence-corrected chi connectivity index (χ3v) is 7.29. The normalized spacial score (nSPS) is 17.2. The molecule has 1 aliphatic rings. The van der Waals surface area contributed by atoms with E-state index in [4.69, 9.17) is 5.73 Å². The highest BCUT2D eigenvalue weighted by Crippen LogP contribution is 2.19. The summed E-state index contributed by atoms with van der Waals surface area (Å²) < 4.78 is 0. The van der Waals surface area contributed by atoms with Crippen LogP contribution in [0.2, 0.25) is 0 Å². The van der Waals surface area contributed by atoms with E-state index in [2.05, 4.69) is 26.3 Å². The predicted octanol–water partition coefficient (Wildman–Crippen LogP) is 0.0200. The Labute approximate surface area is 230 Å². The van der Waals surface area contributed by atoms with E-state index in [0.717, 1.165) is 22.9 Å². The molecule has 3 rings (SSSR count). The molecule has 0 spiro atoms. The summed E-state index contributed by atoms with van der Waals surface area (Å²) in [6.45, 7) is 0.691. The number of fused-ring (bicyclic) bond motifs is 1.